The molecular weight excluding hydrogens is 380 g/mol. The van der Waals surface area contributed by atoms with Gasteiger partial charge in [0, 0.05) is 49.2 Å². The van der Waals surface area contributed by atoms with Crippen LogP contribution in [0.15, 0.2) is 46.9 Å². The second-order valence-corrected chi connectivity index (χ2v) is 7.52. The fourth-order valence-corrected chi connectivity index (χ4v) is 4.11. The summed E-state index contributed by atoms with van der Waals surface area (Å²) in [6.07, 6.45) is -0.226. The second kappa shape index (κ2) is 8.79. The van der Waals surface area contributed by atoms with Crippen LogP contribution in [0.25, 0.3) is 22.1 Å². The standard InChI is InChI=1S/C24H28N2O4/c1-4-29-24(27)26-12-10-25(11-13-26)16-19-14-22-20(15-21(19)28-3)23(17(2)30-22)18-8-6-5-7-9-18/h5-9,14-15H,4,10-13,16H2,1-3H3. The van der Waals surface area contributed by atoms with E-state index in [0.29, 0.717) is 19.7 Å². The fourth-order valence-electron chi connectivity index (χ4n) is 4.11. The summed E-state index contributed by atoms with van der Waals surface area (Å²) in [6, 6.07) is 14.5. The van der Waals surface area contributed by atoms with Crippen LogP contribution in [0, 0.1) is 6.92 Å². The largest absolute Gasteiger partial charge is 0.496 e. The van der Waals surface area contributed by atoms with Crippen molar-refractivity contribution in [3.63, 3.8) is 0 Å². The number of ether oxygens (including phenoxy) is 2. The van der Waals surface area contributed by atoms with E-state index in [9.17, 15) is 4.79 Å². The fraction of sp³-hybridized carbons (Fsp3) is 0.375. The number of carbonyl (C=O) groups excluding carboxylic acids is 1. The number of fused-ring (bicyclic) bond motifs is 1. The zero-order chi connectivity index (χ0) is 21.1. The molecule has 1 amide bonds. The Morgan fingerprint density at radius 2 is 1.83 bits per heavy atom. The highest BCUT2D eigenvalue weighted by Crippen LogP contribution is 2.38. The van der Waals surface area contributed by atoms with E-state index >= 15 is 0 Å². The van der Waals surface area contributed by atoms with Crippen LogP contribution in [0.4, 0.5) is 4.79 Å². The van der Waals surface area contributed by atoms with Gasteiger partial charge < -0.3 is 18.8 Å². The lowest BCUT2D eigenvalue weighted by molar-refractivity contribution is 0.0776. The summed E-state index contributed by atoms with van der Waals surface area (Å²) in [5.74, 6) is 1.76. The van der Waals surface area contributed by atoms with Gasteiger partial charge >= 0.3 is 6.09 Å². The van der Waals surface area contributed by atoms with Crippen LogP contribution in [-0.2, 0) is 11.3 Å². The first-order chi connectivity index (χ1) is 14.6. The Kier molecular flexibility index (Phi) is 5.95. The summed E-state index contributed by atoms with van der Waals surface area (Å²) >= 11 is 0. The van der Waals surface area contributed by atoms with E-state index in [-0.39, 0.29) is 6.09 Å². The Bertz CT molecular complexity index is 1020. The van der Waals surface area contributed by atoms with Crippen molar-refractivity contribution >= 4 is 17.1 Å². The number of aryl methyl sites for hydroxylation is 1. The number of benzene rings is 2. The van der Waals surface area contributed by atoms with Crippen molar-refractivity contribution in [2.24, 2.45) is 0 Å². The van der Waals surface area contributed by atoms with E-state index in [1.807, 2.05) is 32.0 Å². The van der Waals surface area contributed by atoms with Crippen molar-refractivity contribution in [2.45, 2.75) is 20.4 Å². The summed E-state index contributed by atoms with van der Waals surface area (Å²) in [6.45, 7) is 7.92. The molecule has 6 heteroatoms. The monoisotopic (exact) mass is 408 g/mol. The molecule has 0 saturated carbocycles. The zero-order valence-corrected chi connectivity index (χ0v) is 17.8. The molecule has 0 bridgehead atoms. The van der Waals surface area contributed by atoms with Crippen LogP contribution in [0.3, 0.4) is 0 Å². The van der Waals surface area contributed by atoms with Gasteiger partial charge in [-0.25, -0.2) is 4.79 Å². The normalized spacial score (nSPS) is 14.8. The molecule has 1 aliphatic rings. The van der Waals surface area contributed by atoms with Gasteiger partial charge in [0.05, 0.1) is 13.7 Å². The van der Waals surface area contributed by atoms with E-state index in [4.69, 9.17) is 13.9 Å². The van der Waals surface area contributed by atoms with Gasteiger partial charge in [0.25, 0.3) is 0 Å². The summed E-state index contributed by atoms with van der Waals surface area (Å²) in [5, 5.41) is 1.06. The Balaban J connectivity index is 1.56. The average molecular weight is 408 g/mol. The topological polar surface area (TPSA) is 55.2 Å². The molecule has 2 aromatic carbocycles. The number of furan rings is 1. The van der Waals surface area contributed by atoms with Crippen LogP contribution in [-0.4, -0.2) is 55.8 Å². The molecule has 1 fully saturated rings. The molecule has 1 saturated heterocycles. The smallest absolute Gasteiger partial charge is 0.409 e. The summed E-state index contributed by atoms with van der Waals surface area (Å²) in [4.78, 5) is 16.0. The first kappa shape index (κ1) is 20.3. The van der Waals surface area contributed by atoms with Gasteiger partial charge in [0.2, 0.25) is 0 Å². The molecule has 1 aromatic heterocycles. The van der Waals surface area contributed by atoms with Gasteiger partial charge in [0.15, 0.2) is 0 Å². The number of hydrogen-bond donors (Lipinski definition) is 0. The van der Waals surface area contributed by atoms with Crippen molar-refractivity contribution in [1.82, 2.24) is 9.80 Å². The first-order valence-electron chi connectivity index (χ1n) is 10.4. The van der Waals surface area contributed by atoms with Crippen molar-refractivity contribution < 1.29 is 18.7 Å². The first-order valence-corrected chi connectivity index (χ1v) is 10.4. The van der Waals surface area contributed by atoms with Crippen molar-refractivity contribution in [1.29, 1.82) is 0 Å². The molecule has 30 heavy (non-hydrogen) atoms. The highest BCUT2D eigenvalue weighted by atomic mass is 16.6. The third kappa shape index (κ3) is 4.00. The van der Waals surface area contributed by atoms with E-state index in [1.54, 1.807) is 12.0 Å². The predicted octanol–water partition coefficient (Wildman–Crippen LogP) is 4.69. The Morgan fingerprint density at radius 1 is 1.10 bits per heavy atom. The third-order valence-electron chi connectivity index (χ3n) is 5.62. The summed E-state index contributed by atoms with van der Waals surface area (Å²) in [5.41, 5.74) is 4.20. The summed E-state index contributed by atoms with van der Waals surface area (Å²) < 4.78 is 17.0. The van der Waals surface area contributed by atoms with Crippen LogP contribution >= 0.6 is 0 Å². The molecule has 0 atom stereocenters. The van der Waals surface area contributed by atoms with Gasteiger partial charge in [-0.2, -0.15) is 0 Å². The molecule has 0 N–H and O–H groups in total. The molecular formula is C24H28N2O4. The predicted molar refractivity (Wildman–Crippen MR) is 117 cm³/mol. The highest BCUT2D eigenvalue weighted by Gasteiger charge is 2.23. The van der Waals surface area contributed by atoms with Gasteiger partial charge in [-0.3, -0.25) is 4.90 Å². The minimum atomic E-state index is -0.226. The van der Waals surface area contributed by atoms with Crippen LogP contribution in [0.2, 0.25) is 0 Å². The second-order valence-electron chi connectivity index (χ2n) is 7.52. The molecule has 0 aliphatic carbocycles. The molecule has 1 aliphatic heterocycles. The SMILES string of the molecule is CCOC(=O)N1CCN(Cc2cc3oc(C)c(-c4ccccc4)c3cc2OC)CC1. The van der Waals surface area contributed by atoms with E-state index < -0.39 is 0 Å². The van der Waals surface area contributed by atoms with E-state index in [2.05, 4.69) is 29.2 Å². The maximum absolute atomic E-state index is 11.9. The van der Waals surface area contributed by atoms with Crippen molar-refractivity contribution in [2.75, 3.05) is 39.9 Å². The van der Waals surface area contributed by atoms with Gasteiger partial charge in [-0.15, -0.1) is 0 Å². The molecule has 0 radical (unpaired) electrons. The number of rotatable bonds is 5. The minimum Gasteiger partial charge on any atom is -0.496 e. The van der Waals surface area contributed by atoms with Crippen LogP contribution in [0.1, 0.15) is 18.2 Å². The van der Waals surface area contributed by atoms with Crippen molar-refractivity contribution in [3.05, 3.63) is 53.8 Å². The average Bonchev–Trinajstić information content (AvgIpc) is 3.09. The molecule has 6 nitrogen and oxygen atoms in total. The van der Waals surface area contributed by atoms with Gasteiger partial charge in [-0.05, 0) is 31.5 Å². The molecule has 0 unspecified atom stereocenters. The molecule has 158 valence electrons. The number of amides is 1. The lowest BCUT2D eigenvalue weighted by Crippen LogP contribution is -2.48. The molecule has 4 rings (SSSR count). The number of piperazine rings is 1. The van der Waals surface area contributed by atoms with Crippen LogP contribution < -0.4 is 4.74 Å². The van der Waals surface area contributed by atoms with Crippen LogP contribution in [0.5, 0.6) is 5.75 Å². The minimum absolute atomic E-state index is 0.226. The lowest BCUT2D eigenvalue weighted by Gasteiger charge is -2.34. The van der Waals surface area contributed by atoms with Crippen molar-refractivity contribution in [3.8, 4) is 16.9 Å². The maximum atomic E-state index is 11.9. The Morgan fingerprint density at radius 3 is 2.50 bits per heavy atom. The van der Waals surface area contributed by atoms with E-state index in [1.165, 1.54) is 0 Å². The summed E-state index contributed by atoms with van der Waals surface area (Å²) in [7, 11) is 1.71. The third-order valence-corrected chi connectivity index (χ3v) is 5.62. The quantitative estimate of drug-likeness (QED) is 0.613. The maximum Gasteiger partial charge on any atom is 0.409 e. The number of nitrogens with zero attached hydrogens (tertiary/aromatic N) is 2. The molecule has 0 spiro atoms. The highest BCUT2D eigenvalue weighted by molar-refractivity contribution is 5.97. The zero-order valence-electron chi connectivity index (χ0n) is 17.8. The Labute approximate surface area is 177 Å². The van der Waals surface area contributed by atoms with Gasteiger partial charge in [-0.1, -0.05) is 30.3 Å². The molecule has 2 heterocycles. The Hall–Kier alpha value is -2.99. The van der Waals surface area contributed by atoms with E-state index in [0.717, 1.165) is 58.8 Å². The number of methoxy groups -OCH3 is 1. The number of hydrogen-bond acceptors (Lipinski definition) is 5. The molecule has 3 aromatic rings. The van der Waals surface area contributed by atoms with Gasteiger partial charge in [0.1, 0.15) is 17.1 Å². The number of carbonyl (C=O) groups is 1. The lowest BCUT2D eigenvalue weighted by atomic mass is 10.0.